The number of aryl methyl sites for hydroxylation is 1. The Morgan fingerprint density at radius 2 is 1.93 bits per heavy atom. The van der Waals surface area contributed by atoms with Crippen LogP contribution in [-0.2, 0) is 4.74 Å². The van der Waals surface area contributed by atoms with Crippen LogP contribution >= 0.6 is 0 Å². The third kappa shape index (κ3) is 3.95. The van der Waals surface area contributed by atoms with Crippen molar-refractivity contribution in [1.29, 1.82) is 0 Å². The molecule has 0 unspecified atom stereocenters. The number of aromatic carboxylic acids is 1. The third-order valence-electron chi connectivity index (χ3n) is 4.91. The van der Waals surface area contributed by atoms with Crippen molar-refractivity contribution in [3.05, 3.63) is 53.9 Å². The van der Waals surface area contributed by atoms with Gasteiger partial charge in [0.15, 0.2) is 5.82 Å². The summed E-state index contributed by atoms with van der Waals surface area (Å²) in [6.07, 6.45) is 4.41. The molecule has 0 atom stereocenters. The minimum absolute atomic E-state index is 0.164. The Morgan fingerprint density at radius 3 is 2.62 bits per heavy atom. The van der Waals surface area contributed by atoms with Crippen LogP contribution in [0.25, 0.3) is 11.4 Å². The maximum absolute atomic E-state index is 14.6. The number of carboxylic acids is 1. The second kappa shape index (κ2) is 7.96. The van der Waals surface area contributed by atoms with Gasteiger partial charge in [0.2, 0.25) is 5.95 Å². The number of hydrogen-bond donors (Lipinski definition) is 2. The molecule has 1 aliphatic rings. The zero-order chi connectivity index (χ0) is 20.4. The van der Waals surface area contributed by atoms with Crippen LogP contribution < -0.4 is 5.32 Å². The van der Waals surface area contributed by atoms with Crippen LogP contribution in [0.15, 0.2) is 36.7 Å². The standard InChI is InChI=1S/C20H20FN5O3/c1-12-22-11-17(26(12)15-6-8-29-9-7-15)18-16(21)10-23-20(25-18)24-14-4-2-13(3-5-14)19(27)28/h2-5,10-11,15H,6-9H2,1H3,(H,27,28)(H,23,24,25). The van der Waals surface area contributed by atoms with Crippen molar-refractivity contribution < 1.29 is 19.0 Å². The number of anilines is 2. The van der Waals surface area contributed by atoms with Gasteiger partial charge in [-0.2, -0.15) is 0 Å². The van der Waals surface area contributed by atoms with E-state index in [1.54, 1.807) is 18.3 Å². The quantitative estimate of drug-likeness (QED) is 0.678. The Morgan fingerprint density at radius 1 is 1.21 bits per heavy atom. The summed E-state index contributed by atoms with van der Waals surface area (Å²) < 4.78 is 22.1. The molecule has 150 valence electrons. The molecular formula is C20H20FN5O3. The predicted octanol–water partition coefficient (Wildman–Crippen LogP) is 3.58. The van der Waals surface area contributed by atoms with E-state index in [1.807, 2.05) is 11.5 Å². The molecule has 9 heteroatoms. The van der Waals surface area contributed by atoms with E-state index in [2.05, 4.69) is 20.3 Å². The largest absolute Gasteiger partial charge is 0.478 e. The number of carbonyl (C=O) groups is 1. The molecule has 1 fully saturated rings. The Kier molecular flexibility index (Phi) is 5.22. The number of carboxylic acid groups (broad SMARTS) is 1. The molecule has 0 spiro atoms. The van der Waals surface area contributed by atoms with Crippen LogP contribution in [0.5, 0.6) is 0 Å². The Balaban J connectivity index is 1.65. The molecule has 2 aromatic heterocycles. The van der Waals surface area contributed by atoms with Crippen molar-refractivity contribution in [3.63, 3.8) is 0 Å². The van der Waals surface area contributed by atoms with Gasteiger partial charge in [-0.15, -0.1) is 0 Å². The molecule has 8 nitrogen and oxygen atoms in total. The number of benzene rings is 1. The summed E-state index contributed by atoms with van der Waals surface area (Å²) in [7, 11) is 0. The molecule has 0 saturated carbocycles. The summed E-state index contributed by atoms with van der Waals surface area (Å²) in [6.45, 7) is 3.21. The van der Waals surface area contributed by atoms with Crippen LogP contribution in [0.1, 0.15) is 35.1 Å². The Labute approximate surface area is 166 Å². The zero-order valence-corrected chi connectivity index (χ0v) is 15.8. The average molecular weight is 397 g/mol. The molecule has 4 rings (SSSR count). The van der Waals surface area contributed by atoms with Crippen LogP contribution in [0.3, 0.4) is 0 Å². The van der Waals surface area contributed by atoms with Crippen LogP contribution in [0.2, 0.25) is 0 Å². The number of hydrogen-bond acceptors (Lipinski definition) is 6. The zero-order valence-electron chi connectivity index (χ0n) is 15.8. The lowest BCUT2D eigenvalue weighted by Gasteiger charge is -2.26. The molecule has 2 N–H and O–H groups in total. The SMILES string of the molecule is Cc1ncc(-c2nc(Nc3ccc(C(=O)O)cc3)ncc2F)n1C1CCOCC1. The fraction of sp³-hybridized carbons (Fsp3) is 0.300. The summed E-state index contributed by atoms with van der Waals surface area (Å²) in [4.78, 5) is 23.7. The monoisotopic (exact) mass is 397 g/mol. The molecule has 1 aromatic carbocycles. The first-order chi connectivity index (χ1) is 14.0. The molecule has 1 saturated heterocycles. The number of nitrogens with zero attached hydrogens (tertiary/aromatic N) is 4. The number of halogens is 1. The predicted molar refractivity (Wildman–Crippen MR) is 104 cm³/mol. The van der Waals surface area contributed by atoms with E-state index in [9.17, 15) is 9.18 Å². The normalized spacial score (nSPS) is 14.7. The summed E-state index contributed by atoms with van der Waals surface area (Å²) in [6, 6.07) is 6.33. The van der Waals surface area contributed by atoms with Gasteiger partial charge in [-0.25, -0.2) is 24.1 Å². The number of imidazole rings is 1. The summed E-state index contributed by atoms with van der Waals surface area (Å²) in [5.74, 6) is -0.538. The van der Waals surface area contributed by atoms with Gasteiger partial charge in [-0.05, 0) is 44.0 Å². The first kappa shape index (κ1) is 19.0. The lowest BCUT2D eigenvalue weighted by Crippen LogP contribution is -2.21. The van der Waals surface area contributed by atoms with Crippen molar-refractivity contribution in [3.8, 4) is 11.4 Å². The first-order valence-electron chi connectivity index (χ1n) is 9.28. The van der Waals surface area contributed by atoms with Gasteiger partial charge in [-0.1, -0.05) is 0 Å². The van der Waals surface area contributed by atoms with Crippen LogP contribution in [0, 0.1) is 12.7 Å². The molecule has 3 aromatic rings. The van der Waals surface area contributed by atoms with E-state index in [1.165, 1.54) is 12.1 Å². The number of ether oxygens (including phenoxy) is 1. The summed E-state index contributed by atoms with van der Waals surface area (Å²) in [5.41, 5.74) is 1.53. The van der Waals surface area contributed by atoms with Crippen molar-refractivity contribution in [2.45, 2.75) is 25.8 Å². The van der Waals surface area contributed by atoms with Gasteiger partial charge in [-0.3, -0.25) is 0 Å². The van der Waals surface area contributed by atoms with Gasteiger partial charge < -0.3 is 19.7 Å². The molecule has 3 heterocycles. The van der Waals surface area contributed by atoms with Gasteiger partial charge in [0.05, 0.1) is 23.7 Å². The molecule has 0 radical (unpaired) electrons. The van der Waals surface area contributed by atoms with Gasteiger partial charge in [0.25, 0.3) is 0 Å². The molecular weight excluding hydrogens is 377 g/mol. The minimum Gasteiger partial charge on any atom is -0.478 e. The fourth-order valence-electron chi connectivity index (χ4n) is 3.46. The highest BCUT2D eigenvalue weighted by molar-refractivity contribution is 5.88. The van der Waals surface area contributed by atoms with E-state index in [0.29, 0.717) is 24.6 Å². The smallest absolute Gasteiger partial charge is 0.335 e. The lowest BCUT2D eigenvalue weighted by molar-refractivity contribution is 0.0691. The van der Waals surface area contributed by atoms with Crippen LogP contribution in [0.4, 0.5) is 16.0 Å². The Bertz CT molecular complexity index is 1030. The van der Waals surface area contributed by atoms with E-state index >= 15 is 0 Å². The van der Waals surface area contributed by atoms with E-state index in [0.717, 1.165) is 24.9 Å². The average Bonchev–Trinajstić information content (AvgIpc) is 3.11. The second-order valence-electron chi connectivity index (χ2n) is 6.80. The van der Waals surface area contributed by atoms with Crippen molar-refractivity contribution in [2.75, 3.05) is 18.5 Å². The number of nitrogens with one attached hydrogen (secondary N) is 1. The minimum atomic E-state index is -1.01. The first-order valence-corrected chi connectivity index (χ1v) is 9.28. The Hall–Kier alpha value is -3.33. The maximum Gasteiger partial charge on any atom is 0.335 e. The molecule has 0 amide bonds. The second-order valence-corrected chi connectivity index (χ2v) is 6.80. The molecule has 29 heavy (non-hydrogen) atoms. The highest BCUT2D eigenvalue weighted by Crippen LogP contribution is 2.31. The summed E-state index contributed by atoms with van der Waals surface area (Å²) in [5, 5.41) is 12.0. The number of rotatable bonds is 5. The van der Waals surface area contributed by atoms with Gasteiger partial charge in [0.1, 0.15) is 11.5 Å². The fourth-order valence-corrected chi connectivity index (χ4v) is 3.46. The third-order valence-corrected chi connectivity index (χ3v) is 4.91. The van der Waals surface area contributed by atoms with Crippen molar-refractivity contribution in [1.82, 2.24) is 19.5 Å². The number of aromatic nitrogens is 4. The maximum atomic E-state index is 14.6. The molecule has 0 aliphatic carbocycles. The molecule has 0 bridgehead atoms. The lowest BCUT2D eigenvalue weighted by atomic mass is 10.1. The van der Waals surface area contributed by atoms with Crippen LogP contribution in [-0.4, -0.2) is 43.8 Å². The van der Waals surface area contributed by atoms with E-state index in [4.69, 9.17) is 9.84 Å². The van der Waals surface area contributed by atoms with Crippen molar-refractivity contribution in [2.24, 2.45) is 0 Å². The van der Waals surface area contributed by atoms with E-state index in [-0.39, 0.29) is 23.2 Å². The highest BCUT2D eigenvalue weighted by Gasteiger charge is 2.23. The van der Waals surface area contributed by atoms with Gasteiger partial charge >= 0.3 is 5.97 Å². The van der Waals surface area contributed by atoms with Crippen molar-refractivity contribution >= 4 is 17.6 Å². The van der Waals surface area contributed by atoms with E-state index < -0.39 is 11.8 Å². The highest BCUT2D eigenvalue weighted by atomic mass is 19.1. The summed E-state index contributed by atoms with van der Waals surface area (Å²) >= 11 is 0. The topological polar surface area (TPSA) is 102 Å². The van der Waals surface area contributed by atoms with Gasteiger partial charge in [0, 0.05) is 24.9 Å². The molecule has 1 aliphatic heterocycles.